The minimum absolute atomic E-state index is 0.0645. The maximum atomic E-state index is 11.9. The first kappa shape index (κ1) is 14.0. The zero-order chi connectivity index (χ0) is 13.7. The Hall–Kier alpha value is -1.40. The molecule has 1 amide bonds. The average Bonchev–Trinajstić information content (AvgIpc) is 2.86. The van der Waals surface area contributed by atoms with Gasteiger partial charge in [0.25, 0.3) is 5.91 Å². The van der Waals surface area contributed by atoms with Gasteiger partial charge in [-0.15, -0.1) is 11.3 Å². The molecule has 0 radical (unpaired) electrons. The Bertz CT molecular complexity index is 571. The zero-order valence-corrected chi connectivity index (χ0v) is 12.8. The smallest absolute Gasteiger partial charge is 0.251 e. The lowest BCUT2D eigenvalue weighted by molar-refractivity contribution is 0.0954. The van der Waals surface area contributed by atoms with Gasteiger partial charge >= 0.3 is 0 Å². The van der Waals surface area contributed by atoms with Crippen LogP contribution in [-0.2, 0) is 6.42 Å². The fourth-order valence-corrected chi connectivity index (χ4v) is 2.68. The first-order valence-corrected chi connectivity index (χ1v) is 7.52. The number of rotatable bonds is 5. The first-order valence-electron chi connectivity index (χ1n) is 5.85. The highest BCUT2D eigenvalue weighted by atomic mass is 79.9. The van der Waals surface area contributed by atoms with Gasteiger partial charge in [0, 0.05) is 35.4 Å². The number of benzene rings is 1. The van der Waals surface area contributed by atoms with E-state index in [4.69, 9.17) is 0 Å². The number of carbonyl (C=O) groups is 1. The van der Waals surface area contributed by atoms with Gasteiger partial charge in [-0.2, -0.15) is 0 Å². The van der Waals surface area contributed by atoms with Crippen molar-refractivity contribution >= 4 is 38.3 Å². The highest BCUT2D eigenvalue weighted by Gasteiger charge is 2.06. The van der Waals surface area contributed by atoms with Crippen LogP contribution in [0.4, 0.5) is 5.13 Å². The van der Waals surface area contributed by atoms with E-state index in [-0.39, 0.29) is 5.91 Å². The van der Waals surface area contributed by atoms with Crippen molar-refractivity contribution in [2.45, 2.75) is 6.42 Å². The number of amides is 1. The van der Waals surface area contributed by atoms with Crippen molar-refractivity contribution in [3.8, 4) is 0 Å². The number of nitrogens with one attached hydrogen (secondary N) is 2. The second-order valence-corrected chi connectivity index (χ2v) is 5.68. The molecule has 0 saturated carbocycles. The molecule has 2 N–H and O–H groups in total. The van der Waals surface area contributed by atoms with Crippen molar-refractivity contribution in [3.05, 3.63) is 45.4 Å². The van der Waals surface area contributed by atoms with E-state index in [9.17, 15) is 4.79 Å². The van der Waals surface area contributed by atoms with Crippen molar-refractivity contribution in [1.29, 1.82) is 0 Å². The Kier molecular flexibility index (Phi) is 4.93. The molecule has 6 heteroatoms. The summed E-state index contributed by atoms with van der Waals surface area (Å²) < 4.78 is 0.901. The normalized spacial score (nSPS) is 10.2. The lowest BCUT2D eigenvalue weighted by atomic mass is 10.2. The quantitative estimate of drug-likeness (QED) is 0.880. The van der Waals surface area contributed by atoms with E-state index in [1.54, 1.807) is 23.5 Å². The monoisotopic (exact) mass is 339 g/mol. The number of anilines is 1. The number of thiazole rings is 1. The van der Waals surface area contributed by atoms with Crippen LogP contribution in [0.5, 0.6) is 0 Å². The number of halogens is 1. The van der Waals surface area contributed by atoms with Crippen LogP contribution in [0.3, 0.4) is 0 Å². The van der Waals surface area contributed by atoms with Gasteiger partial charge in [-0.3, -0.25) is 4.79 Å². The number of nitrogens with zero attached hydrogens (tertiary/aromatic N) is 1. The molecule has 1 aromatic carbocycles. The maximum Gasteiger partial charge on any atom is 0.251 e. The van der Waals surface area contributed by atoms with E-state index < -0.39 is 0 Å². The van der Waals surface area contributed by atoms with Crippen LogP contribution in [-0.4, -0.2) is 24.5 Å². The molecule has 0 bridgehead atoms. The van der Waals surface area contributed by atoms with Gasteiger partial charge in [-0.25, -0.2) is 4.98 Å². The summed E-state index contributed by atoms with van der Waals surface area (Å²) in [6.07, 6.45) is 0.734. The Morgan fingerprint density at radius 3 is 3.00 bits per heavy atom. The van der Waals surface area contributed by atoms with Gasteiger partial charge in [0.15, 0.2) is 5.13 Å². The lowest BCUT2D eigenvalue weighted by Crippen LogP contribution is -2.25. The van der Waals surface area contributed by atoms with Gasteiger partial charge in [0.1, 0.15) is 0 Å². The van der Waals surface area contributed by atoms with E-state index in [0.29, 0.717) is 12.1 Å². The standard InChI is InChI=1S/C13H14BrN3OS/c1-15-13-17-11(8-19-13)5-6-16-12(18)9-3-2-4-10(14)7-9/h2-4,7-8H,5-6H2,1H3,(H,15,17)(H,16,18). The average molecular weight is 340 g/mol. The molecule has 19 heavy (non-hydrogen) atoms. The summed E-state index contributed by atoms with van der Waals surface area (Å²) in [7, 11) is 1.84. The van der Waals surface area contributed by atoms with Crippen molar-refractivity contribution in [3.63, 3.8) is 0 Å². The van der Waals surface area contributed by atoms with Crippen LogP contribution < -0.4 is 10.6 Å². The van der Waals surface area contributed by atoms with Gasteiger partial charge in [-0.05, 0) is 18.2 Å². The summed E-state index contributed by atoms with van der Waals surface area (Å²) in [4.78, 5) is 16.2. The molecule has 0 unspecified atom stereocenters. The number of aromatic nitrogens is 1. The molecule has 1 aromatic heterocycles. The molecule has 0 aliphatic carbocycles. The molecule has 1 heterocycles. The Morgan fingerprint density at radius 1 is 1.47 bits per heavy atom. The number of carbonyl (C=O) groups excluding carboxylic acids is 1. The molecule has 2 rings (SSSR count). The second-order valence-electron chi connectivity index (χ2n) is 3.91. The van der Waals surface area contributed by atoms with Crippen LogP contribution in [0.15, 0.2) is 34.1 Å². The maximum absolute atomic E-state index is 11.9. The zero-order valence-electron chi connectivity index (χ0n) is 10.4. The van der Waals surface area contributed by atoms with E-state index >= 15 is 0 Å². The van der Waals surface area contributed by atoms with Gasteiger partial charge in [0.05, 0.1) is 5.69 Å². The number of hydrogen-bond donors (Lipinski definition) is 2. The van der Waals surface area contributed by atoms with Crippen molar-refractivity contribution in [2.75, 3.05) is 18.9 Å². The summed E-state index contributed by atoms with van der Waals surface area (Å²) in [5.41, 5.74) is 1.65. The molecule has 0 fully saturated rings. The lowest BCUT2D eigenvalue weighted by Gasteiger charge is -2.04. The molecule has 100 valence electrons. The molecule has 0 spiro atoms. The Labute approximate surface area is 124 Å². The molecule has 4 nitrogen and oxygen atoms in total. The van der Waals surface area contributed by atoms with E-state index in [0.717, 1.165) is 21.7 Å². The van der Waals surface area contributed by atoms with Crippen molar-refractivity contribution < 1.29 is 4.79 Å². The molecule has 0 aliphatic rings. The molecule has 0 aliphatic heterocycles. The van der Waals surface area contributed by atoms with Crippen LogP contribution in [0.1, 0.15) is 16.1 Å². The van der Waals surface area contributed by atoms with E-state index in [1.165, 1.54) is 0 Å². The van der Waals surface area contributed by atoms with Crippen LogP contribution in [0, 0.1) is 0 Å². The molecule has 0 atom stereocenters. The number of hydrogen-bond acceptors (Lipinski definition) is 4. The summed E-state index contributed by atoms with van der Waals surface area (Å²) in [5, 5.41) is 8.77. The van der Waals surface area contributed by atoms with Gasteiger partial charge in [0.2, 0.25) is 0 Å². The van der Waals surface area contributed by atoms with E-state index in [2.05, 4.69) is 31.5 Å². The van der Waals surface area contributed by atoms with Crippen LogP contribution >= 0.6 is 27.3 Å². The fraction of sp³-hybridized carbons (Fsp3) is 0.231. The van der Waals surface area contributed by atoms with Crippen LogP contribution in [0.2, 0.25) is 0 Å². The third-order valence-electron chi connectivity index (χ3n) is 2.52. The summed E-state index contributed by atoms with van der Waals surface area (Å²) in [6, 6.07) is 7.34. The van der Waals surface area contributed by atoms with Gasteiger partial charge < -0.3 is 10.6 Å². The fourth-order valence-electron chi connectivity index (χ4n) is 1.57. The van der Waals surface area contributed by atoms with Crippen LogP contribution in [0.25, 0.3) is 0 Å². The summed E-state index contributed by atoms with van der Waals surface area (Å²) >= 11 is 4.92. The first-order chi connectivity index (χ1) is 9.19. The van der Waals surface area contributed by atoms with Gasteiger partial charge in [-0.1, -0.05) is 22.0 Å². The Morgan fingerprint density at radius 2 is 2.32 bits per heavy atom. The van der Waals surface area contributed by atoms with E-state index in [1.807, 2.05) is 24.6 Å². The topological polar surface area (TPSA) is 54.0 Å². The highest BCUT2D eigenvalue weighted by Crippen LogP contribution is 2.14. The molecule has 2 aromatic rings. The largest absolute Gasteiger partial charge is 0.365 e. The second kappa shape index (κ2) is 6.68. The van der Waals surface area contributed by atoms with Crippen molar-refractivity contribution in [2.24, 2.45) is 0 Å². The Balaban J connectivity index is 1.84. The third kappa shape index (κ3) is 4.04. The highest BCUT2D eigenvalue weighted by molar-refractivity contribution is 9.10. The summed E-state index contributed by atoms with van der Waals surface area (Å²) in [5.74, 6) is -0.0645. The molecule has 0 saturated heterocycles. The minimum Gasteiger partial charge on any atom is -0.365 e. The predicted molar refractivity (Wildman–Crippen MR) is 81.8 cm³/mol. The van der Waals surface area contributed by atoms with Crippen molar-refractivity contribution in [1.82, 2.24) is 10.3 Å². The minimum atomic E-state index is -0.0645. The molecular formula is C13H14BrN3OS. The SMILES string of the molecule is CNc1nc(CCNC(=O)c2cccc(Br)c2)cs1. The predicted octanol–water partition coefficient (Wildman–Crippen LogP) is 2.92. The summed E-state index contributed by atoms with van der Waals surface area (Å²) in [6.45, 7) is 0.582. The molecular weight excluding hydrogens is 326 g/mol. The third-order valence-corrected chi connectivity index (χ3v) is 3.92.